The van der Waals surface area contributed by atoms with Crippen LogP contribution in [0.1, 0.15) is 18.9 Å². The van der Waals surface area contributed by atoms with Gasteiger partial charge in [-0.15, -0.1) is 11.8 Å². The van der Waals surface area contributed by atoms with Crippen LogP contribution in [0.5, 0.6) is 0 Å². The molecule has 1 heterocycles. The fraction of sp³-hybridized carbons (Fsp3) is 0.417. The third-order valence-corrected chi connectivity index (χ3v) is 4.95. The molecule has 90 valence electrons. The predicted octanol–water partition coefficient (Wildman–Crippen LogP) is 2.93. The standard InChI is InChI=1S/C12H12F2N2S/c1-6-9-4-12(9,17-5-16-6)8-2-7(15)3-10(13)11(8)14/h2-3,5-6,9H,4,15H2,1H3. The van der Waals surface area contributed by atoms with Crippen LogP contribution in [0.15, 0.2) is 17.1 Å². The largest absolute Gasteiger partial charge is 0.399 e. The Morgan fingerprint density at radius 1 is 1.47 bits per heavy atom. The van der Waals surface area contributed by atoms with Crippen molar-refractivity contribution in [2.45, 2.75) is 24.1 Å². The first kappa shape index (κ1) is 11.0. The number of aliphatic imine (C=N–C) groups is 1. The fourth-order valence-electron chi connectivity index (χ4n) is 2.58. The van der Waals surface area contributed by atoms with Crippen molar-refractivity contribution in [3.63, 3.8) is 0 Å². The normalized spacial score (nSPS) is 34.5. The molecular weight excluding hydrogens is 242 g/mol. The van der Waals surface area contributed by atoms with Crippen LogP contribution in [-0.4, -0.2) is 11.6 Å². The highest BCUT2D eigenvalue weighted by Crippen LogP contribution is 2.65. The maximum absolute atomic E-state index is 13.9. The topological polar surface area (TPSA) is 38.4 Å². The lowest BCUT2D eigenvalue weighted by molar-refractivity contribution is 0.492. The van der Waals surface area contributed by atoms with Gasteiger partial charge in [-0.25, -0.2) is 8.78 Å². The van der Waals surface area contributed by atoms with Crippen molar-refractivity contribution in [2.24, 2.45) is 10.9 Å². The quantitative estimate of drug-likeness (QED) is 0.782. The number of hydrogen-bond donors (Lipinski definition) is 1. The number of anilines is 1. The van der Waals surface area contributed by atoms with E-state index in [2.05, 4.69) is 4.99 Å². The Labute approximate surface area is 102 Å². The van der Waals surface area contributed by atoms with E-state index in [0.29, 0.717) is 5.56 Å². The Morgan fingerprint density at radius 3 is 3.00 bits per heavy atom. The fourth-order valence-corrected chi connectivity index (χ4v) is 3.94. The number of nitrogens with zero attached hydrogens (tertiary/aromatic N) is 1. The van der Waals surface area contributed by atoms with Gasteiger partial charge in [0.15, 0.2) is 11.6 Å². The average Bonchev–Trinajstić information content (AvgIpc) is 3.00. The first-order valence-corrected chi connectivity index (χ1v) is 6.37. The number of nitrogen functional groups attached to an aromatic ring is 1. The molecule has 0 spiro atoms. The van der Waals surface area contributed by atoms with Crippen LogP contribution in [-0.2, 0) is 4.75 Å². The van der Waals surface area contributed by atoms with Gasteiger partial charge in [0.1, 0.15) is 0 Å². The summed E-state index contributed by atoms with van der Waals surface area (Å²) in [5, 5.41) is 0. The molecule has 0 saturated heterocycles. The molecule has 2 nitrogen and oxygen atoms in total. The van der Waals surface area contributed by atoms with Crippen LogP contribution in [0.4, 0.5) is 14.5 Å². The highest BCUT2D eigenvalue weighted by Gasteiger charge is 2.60. The minimum Gasteiger partial charge on any atom is -0.399 e. The molecule has 1 aromatic carbocycles. The van der Waals surface area contributed by atoms with Crippen molar-refractivity contribution in [1.82, 2.24) is 0 Å². The molecular formula is C12H12F2N2S. The zero-order valence-electron chi connectivity index (χ0n) is 9.28. The number of fused-ring (bicyclic) bond motifs is 1. The Kier molecular flexibility index (Phi) is 2.23. The summed E-state index contributed by atoms with van der Waals surface area (Å²) < 4.78 is 26.9. The van der Waals surface area contributed by atoms with Crippen LogP contribution in [0.3, 0.4) is 0 Å². The SMILES string of the molecule is CC1N=CSC2(c3cc(N)cc(F)c3F)CC12. The molecule has 1 fully saturated rings. The van der Waals surface area contributed by atoms with Crippen LogP contribution in [0, 0.1) is 17.6 Å². The van der Waals surface area contributed by atoms with E-state index in [4.69, 9.17) is 5.73 Å². The molecule has 1 saturated carbocycles. The lowest BCUT2D eigenvalue weighted by Crippen LogP contribution is -2.19. The number of rotatable bonds is 1. The van der Waals surface area contributed by atoms with Crippen molar-refractivity contribution in [1.29, 1.82) is 0 Å². The number of thioether (sulfide) groups is 1. The van der Waals surface area contributed by atoms with E-state index in [1.54, 1.807) is 11.6 Å². The van der Waals surface area contributed by atoms with Gasteiger partial charge in [-0.05, 0) is 25.5 Å². The molecule has 0 bridgehead atoms. The first-order chi connectivity index (χ1) is 8.04. The molecule has 1 aliphatic carbocycles. The summed E-state index contributed by atoms with van der Waals surface area (Å²) in [7, 11) is 0. The van der Waals surface area contributed by atoms with Crippen LogP contribution in [0.25, 0.3) is 0 Å². The third kappa shape index (κ3) is 1.48. The number of nitrogens with two attached hydrogens (primary N) is 1. The molecule has 5 heteroatoms. The molecule has 0 aromatic heterocycles. The number of halogens is 2. The Bertz CT molecular complexity index is 517. The lowest BCUT2D eigenvalue weighted by Gasteiger charge is -2.22. The van der Waals surface area contributed by atoms with E-state index in [1.807, 2.05) is 6.92 Å². The molecule has 3 atom stereocenters. The van der Waals surface area contributed by atoms with Gasteiger partial charge in [0, 0.05) is 17.2 Å². The highest BCUT2D eigenvalue weighted by molar-refractivity contribution is 8.13. The van der Waals surface area contributed by atoms with Crippen molar-refractivity contribution in [3.8, 4) is 0 Å². The second kappa shape index (κ2) is 3.45. The number of hydrogen-bond acceptors (Lipinski definition) is 3. The van der Waals surface area contributed by atoms with Gasteiger partial charge in [-0.3, -0.25) is 4.99 Å². The van der Waals surface area contributed by atoms with Crippen molar-refractivity contribution in [3.05, 3.63) is 29.3 Å². The Morgan fingerprint density at radius 2 is 2.24 bits per heavy atom. The highest BCUT2D eigenvalue weighted by atomic mass is 32.2. The maximum Gasteiger partial charge on any atom is 0.163 e. The zero-order chi connectivity index (χ0) is 12.2. The average molecular weight is 254 g/mol. The summed E-state index contributed by atoms with van der Waals surface area (Å²) in [5.41, 5.74) is 8.01. The summed E-state index contributed by atoms with van der Waals surface area (Å²) >= 11 is 1.47. The summed E-state index contributed by atoms with van der Waals surface area (Å²) in [6, 6.07) is 2.75. The lowest BCUT2D eigenvalue weighted by atomic mass is 10.0. The van der Waals surface area contributed by atoms with Gasteiger partial charge < -0.3 is 5.73 Å². The van der Waals surface area contributed by atoms with Gasteiger partial charge in [0.05, 0.1) is 16.3 Å². The Balaban J connectivity index is 2.10. The van der Waals surface area contributed by atoms with E-state index in [1.165, 1.54) is 11.8 Å². The van der Waals surface area contributed by atoms with E-state index in [9.17, 15) is 8.78 Å². The number of benzene rings is 1. The van der Waals surface area contributed by atoms with Crippen molar-refractivity contribution < 1.29 is 8.78 Å². The summed E-state index contributed by atoms with van der Waals surface area (Å²) in [6.45, 7) is 2.00. The predicted molar refractivity (Wildman–Crippen MR) is 66.1 cm³/mol. The maximum atomic E-state index is 13.9. The molecule has 2 N–H and O–H groups in total. The summed E-state index contributed by atoms with van der Waals surface area (Å²) in [6.07, 6.45) is 0.832. The van der Waals surface area contributed by atoms with Crippen LogP contribution < -0.4 is 5.73 Å². The zero-order valence-corrected chi connectivity index (χ0v) is 10.1. The van der Waals surface area contributed by atoms with Gasteiger partial charge >= 0.3 is 0 Å². The monoisotopic (exact) mass is 254 g/mol. The molecule has 2 aliphatic rings. The Hall–Kier alpha value is -1.10. The molecule has 1 aromatic rings. The molecule has 3 rings (SSSR count). The minimum atomic E-state index is -0.865. The summed E-state index contributed by atoms with van der Waals surface area (Å²) in [5.74, 6) is -1.35. The second-order valence-electron chi connectivity index (χ2n) is 4.68. The molecule has 1 aliphatic heterocycles. The molecule has 17 heavy (non-hydrogen) atoms. The van der Waals surface area contributed by atoms with Crippen LogP contribution in [0.2, 0.25) is 0 Å². The third-order valence-electron chi connectivity index (χ3n) is 3.61. The van der Waals surface area contributed by atoms with E-state index >= 15 is 0 Å². The van der Waals surface area contributed by atoms with Crippen molar-refractivity contribution >= 4 is 23.0 Å². The smallest absolute Gasteiger partial charge is 0.163 e. The van der Waals surface area contributed by atoms with Gasteiger partial charge in [-0.1, -0.05) is 0 Å². The van der Waals surface area contributed by atoms with Gasteiger partial charge in [0.2, 0.25) is 0 Å². The molecule has 3 unspecified atom stereocenters. The molecule has 0 radical (unpaired) electrons. The van der Waals surface area contributed by atoms with Gasteiger partial charge in [0.25, 0.3) is 0 Å². The van der Waals surface area contributed by atoms with E-state index < -0.39 is 11.6 Å². The second-order valence-corrected chi connectivity index (χ2v) is 5.85. The van der Waals surface area contributed by atoms with E-state index in [0.717, 1.165) is 12.5 Å². The minimum absolute atomic E-state index is 0.167. The summed E-state index contributed by atoms with van der Waals surface area (Å²) in [4.78, 5) is 4.29. The molecule has 0 amide bonds. The van der Waals surface area contributed by atoms with Crippen molar-refractivity contribution in [2.75, 3.05) is 5.73 Å². The van der Waals surface area contributed by atoms with Crippen LogP contribution >= 0.6 is 11.8 Å². The van der Waals surface area contributed by atoms with Gasteiger partial charge in [-0.2, -0.15) is 0 Å². The first-order valence-electron chi connectivity index (χ1n) is 5.49. The van der Waals surface area contributed by atoms with E-state index in [-0.39, 0.29) is 22.4 Å².